The zero-order valence-corrected chi connectivity index (χ0v) is 29.6. The van der Waals surface area contributed by atoms with Crippen LogP contribution in [0.1, 0.15) is 58.1 Å². The number of amides is 1. The van der Waals surface area contributed by atoms with E-state index in [9.17, 15) is 19.8 Å². The van der Waals surface area contributed by atoms with Crippen LogP contribution in [-0.4, -0.2) is 69.4 Å². The number of carboxylic acids is 1. The molecule has 0 saturated heterocycles. The Morgan fingerprint density at radius 2 is 1.86 bits per heavy atom. The number of nitrogens with zero attached hydrogens (tertiary/aromatic N) is 3. The predicted octanol–water partition coefficient (Wildman–Crippen LogP) is 5.77. The van der Waals surface area contributed by atoms with Crippen LogP contribution in [0, 0.1) is 5.82 Å². The van der Waals surface area contributed by atoms with Crippen molar-refractivity contribution in [3.05, 3.63) is 92.2 Å². The van der Waals surface area contributed by atoms with E-state index < -0.39 is 30.0 Å². The summed E-state index contributed by atoms with van der Waals surface area (Å²) in [7, 11) is 5.18. The number of halogens is 3. The molecule has 1 amide bonds. The van der Waals surface area contributed by atoms with Gasteiger partial charge in [-0.1, -0.05) is 53.5 Å². The van der Waals surface area contributed by atoms with Gasteiger partial charge in [0, 0.05) is 49.9 Å². The Morgan fingerprint density at radius 1 is 1.12 bits per heavy atom. The SMILES string of the molecule is COc1c(CN[C@](C)(CO)C(=O)O)cc(Cl)c(OC2CCc3c(-c4cccc(NC(=O)c5nc6c(n5C)CCN(C)C6)c4Cl)cccc32)c1F. The summed E-state index contributed by atoms with van der Waals surface area (Å²) in [4.78, 5) is 31.8. The highest BCUT2D eigenvalue weighted by Crippen LogP contribution is 2.46. The van der Waals surface area contributed by atoms with Crippen molar-refractivity contribution in [1.82, 2.24) is 19.8 Å². The molecule has 6 rings (SSSR count). The quantitative estimate of drug-likeness (QED) is 0.152. The molecule has 0 spiro atoms. The molecule has 1 aliphatic heterocycles. The van der Waals surface area contributed by atoms with Gasteiger partial charge in [-0.2, -0.15) is 4.39 Å². The van der Waals surface area contributed by atoms with Crippen molar-refractivity contribution >= 4 is 40.8 Å². The third kappa shape index (κ3) is 6.54. The molecule has 2 atom stereocenters. The van der Waals surface area contributed by atoms with E-state index in [0.717, 1.165) is 46.6 Å². The van der Waals surface area contributed by atoms with Crippen LogP contribution >= 0.6 is 23.2 Å². The number of anilines is 1. The number of methoxy groups -OCH3 is 1. The number of benzene rings is 3. The van der Waals surface area contributed by atoms with Gasteiger partial charge in [0.2, 0.25) is 5.82 Å². The fourth-order valence-corrected chi connectivity index (χ4v) is 7.13. The second-order valence-electron chi connectivity index (χ2n) is 12.9. The molecule has 14 heteroatoms. The molecule has 264 valence electrons. The number of likely N-dealkylation sites (N-methyl/N-ethyl adjacent to an activating group) is 1. The molecule has 0 radical (unpaired) electrons. The van der Waals surface area contributed by atoms with Gasteiger partial charge < -0.3 is 34.5 Å². The molecule has 4 N–H and O–H groups in total. The van der Waals surface area contributed by atoms with Crippen molar-refractivity contribution in [1.29, 1.82) is 0 Å². The fraction of sp³-hybridized carbons (Fsp3) is 0.361. The van der Waals surface area contributed by atoms with Crippen LogP contribution in [0.3, 0.4) is 0 Å². The first-order chi connectivity index (χ1) is 23.9. The van der Waals surface area contributed by atoms with Crippen LogP contribution in [0.25, 0.3) is 11.1 Å². The van der Waals surface area contributed by atoms with Gasteiger partial charge in [-0.05, 0) is 55.6 Å². The minimum atomic E-state index is -1.65. The monoisotopic (exact) mass is 725 g/mol. The Balaban J connectivity index is 1.24. The summed E-state index contributed by atoms with van der Waals surface area (Å²) in [6.45, 7) is 2.08. The topological polar surface area (TPSA) is 138 Å². The normalized spacial score (nSPS) is 16.8. The first-order valence-electron chi connectivity index (χ1n) is 16.1. The number of hydrogen-bond acceptors (Lipinski definition) is 8. The fourth-order valence-electron chi connectivity index (χ4n) is 6.59. The average molecular weight is 727 g/mol. The first kappa shape index (κ1) is 35.6. The maximum Gasteiger partial charge on any atom is 0.326 e. The lowest BCUT2D eigenvalue weighted by Gasteiger charge is -2.25. The molecular weight excluding hydrogens is 688 g/mol. The summed E-state index contributed by atoms with van der Waals surface area (Å²) < 4.78 is 29.3. The van der Waals surface area contributed by atoms with E-state index in [1.54, 1.807) is 6.07 Å². The Morgan fingerprint density at radius 3 is 2.58 bits per heavy atom. The Hall–Kier alpha value is -4.20. The molecule has 11 nitrogen and oxygen atoms in total. The minimum Gasteiger partial charge on any atom is -0.493 e. The molecule has 50 heavy (non-hydrogen) atoms. The lowest BCUT2D eigenvalue weighted by Crippen LogP contribution is -2.52. The summed E-state index contributed by atoms with van der Waals surface area (Å²) >= 11 is 13.5. The van der Waals surface area contributed by atoms with Crippen LogP contribution in [-0.2, 0) is 37.8 Å². The van der Waals surface area contributed by atoms with Gasteiger partial charge in [0.25, 0.3) is 5.91 Å². The van der Waals surface area contributed by atoms with Crippen molar-refractivity contribution in [2.24, 2.45) is 7.05 Å². The summed E-state index contributed by atoms with van der Waals surface area (Å²) in [5.41, 5.74) is 4.42. The van der Waals surface area contributed by atoms with Gasteiger partial charge >= 0.3 is 5.97 Å². The Bertz CT molecular complexity index is 1990. The van der Waals surface area contributed by atoms with Gasteiger partial charge in [0.15, 0.2) is 17.3 Å². The number of ether oxygens (including phenoxy) is 2. The zero-order valence-electron chi connectivity index (χ0n) is 28.1. The van der Waals surface area contributed by atoms with Gasteiger partial charge in [-0.25, -0.2) is 4.98 Å². The van der Waals surface area contributed by atoms with Crippen molar-refractivity contribution in [3.63, 3.8) is 0 Å². The third-order valence-electron chi connectivity index (χ3n) is 9.53. The maximum atomic E-state index is 15.9. The molecule has 1 aliphatic carbocycles. The first-order valence-corrected chi connectivity index (χ1v) is 16.9. The zero-order chi connectivity index (χ0) is 35.9. The maximum absolute atomic E-state index is 15.9. The smallest absolute Gasteiger partial charge is 0.326 e. The largest absolute Gasteiger partial charge is 0.493 e. The van der Waals surface area contributed by atoms with E-state index in [1.807, 2.05) is 49.0 Å². The second-order valence-corrected chi connectivity index (χ2v) is 13.6. The number of carbonyl (C=O) groups is 2. The van der Waals surface area contributed by atoms with Crippen molar-refractivity contribution in [2.45, 2.75) is 50.9 Å². The third-order valence-corrected chi connectivity index (χ3v) is 10.2. The molecule has 3 aromatic carbocycles. The highest BCUT2D eigenvalue weighted by Gasteiger charge is 2.34. The van der Waals surface area contributed by atoms with Crippen molar-refractivity contribution in [3.8, 4) is 22.6 Å². The molecule has 0 saturated carbocycles. The number of aliphatic hydroxyl groups excluding tert-OH is 1. The summed E-state index contributed by atoms with van der Waals surface area (Å²) in [6.07, 6.45) is 1.43. The van der Waals surface area contributed by atoms with Gasteiger partial charge in [0.05, 0.1) is 35.1 Å². The number of hydrogen-bond donors (Lipinski definition) is 4. The molecule has 1 unspecified atom stereocenters. The summed E-state index contributed by atoms with van der Waals surface area (Å²) in [5.74, 6) is -2.46. The van der Waals surface area contributed by atoms with E-state index >= 15 is 4.39 Å². The Labute approximate surface area is 298 Å². The molecule has 1 aromatic heterocycles. The van der Waals surface area contributed by atoms with Crippen LogP contribution in [0.15, 0.2) is 42.5 Å². The van der Waals surface area contributed by atoms with E-state index in [1.165, 1.54) is 20.1 Å². The predicted molar refractivity (Wildman–Crippen MR) is 188 cm³/mol. The average Bonchev–Trinajstić information content (AvgIpc) is 3.66. The number of fused-ring (bicyclic) bond motifs is 2. The number of aromatic nitrogens is 2. The molecule has 2 aliphatic rings. The summed E-state index contributed by atoms with van der Waals surface area (Å²) in [5, 5.41) is 25.1. The highest BCUT2D eigenvalue weighted by atomic mass is 35.5. The minimum absolute atomic E-state index is 0.0159. The van der Waals surface area contributed by atoms with E-state index in [-0.39, 0.29) is 34.5 Å². The number of aliphatic hydroxyl groups is 1. The molecule has 0 fully saturated rings. The number of imidazole rings is 1. The highest BCUT2D eigenvalue weighted by molar-refractivity contribution is 6.36. The number of carboxylic acid groups (broad SMARTS) is 1. The molecular formula is C36H38Cl2FN5O6. The van der Waals surface area contributed by atoms with Gasteiger partial charge in [-0.3, -0.25) is 14.9 Å². The van der Waals surface area contributed by atoms with Gasteiger partial charge in [-0.15, -0.1) is 0 Å². The number of carbonyl (C=O) groups excluding carboxylic acids is 1. The number of aliphatic carboxylic acids is 1. The second kappa shape index (κ2) is 14.2. The van der Waals surface area contributed by atoms with E-state index in [2.05, 4.69) is 20.5 Å². The van der Waals surface area contributed by atoms with E-state index in [0.29, 0.717) is 35.9 Å². The van der Waals surface area contributed by atoms with Crippen molar-refractivity contribution < 1.29 is 33.7 Å². The lowest BCUT2D eigenvalue weighted by molar-refractivity contribution is -0.145. The molecule has 0 bridgehead atoms. The van der Waals surface area contributed by atoms with E-state index in [4.69, 9.17) is 32.7 Å². The summed E-state index contributed by atoms with van der Waals surface area (Å²) in [6, 6.07) is 12.7. The lowest BCUT2D eigenvalue weighted by atomic mass is 9.96. The molecule has 4 aromatic rings. The van der Waals surface area contributed by atoms with Crippen molar-refractivity contribution in [2.75, 3.05) is 32.6 Å². The van der Waals surface area contributed by atoms with Crippen LogP contribution < -0.4 is 20.1 Å². The number of nitrogens with one attached hydrogen (secondary N) is 2. The van der Waals surface area contributed by atoms with Crippen LogP contribution in [0.4, 0.5) is 10.1 Å². The molecule has 2 heterocycles. The standard InChI is InChI=1S/C36H38Cl2FN5O6/c1-36(18-45,35(47)48)40-16-19-15-24(37)32(30(39)31(19)49-4)50-28-12-11-21-20(7-5-8-22(21)28)23-9-6-10-25(29(23)38)42-34(46)33-41-26-17-43(2)14-13-27(26)44(33)3/h5-10,15,28,40,45H,11-14,16-18H2,1-4H3,(H,42,46)(H,47,48)/t28?,36-/m1/s1. The Kier molecular flexibility index (Phi) is 10.1. The van der Waals surface area contributed by atoms with Crippen LogP contribution in [0.2, 0.25) is 10.0 Å². The number of rotatable bonds is 11. The van der Waals surface area contributed by atoms with Crippen LogP contribution in [0.5, 0.6) is 11.5 Å². The van der Waals surface area contributed by atoms with Gasteiger partial charge in [0.1, 0.15) is 11.6 Å².